The number of nitrogens with zero attached hydrogens (tertiary/aromatic N) is 2. The number of fused-ring (bicyclic) bond motifs is 1. The molecule has 2 heterocycles. The molecular formula is C19H19N3O4S. The van der Waals surface area contributed by atoms with Gasteiger partial charge in [-0.15, -0.1) is 0 Å². The fraction of sp³-hybridized carbons (Fsp3) is 0.263. The van der Waals surface area contributed by atoms with Gasteiger partial charge in [0.2, 0.25) is 5.82 Å². The summed E-state index contributed by atoms with van der Waals surface area (Å²) >= 11 is 0. The molecule has 0 saturated carbocycles. The first-order valence-electron chi connectivity index (χ1n) is 8.71. The third kappa shape index (κ3) is 4.01. The van der Waals surface area contributed by atoms with Crippen LogP contribution in [-0.4, -0.2) is 37.7 Å². The number of hydrogen-bond acceptors (Lipinski definition) is 6. The fourth-order valence-electron chi connectivity index (χ4n) is 2.88. The number of aromatic nitrogens is 2. The number of anilines is 1. The van der Waals surface area contributed by atoms with Crippen LogP contribution in [-0.2, 0) is 14.8 Å². The molecule has 7 nitrogen and oxygen atoms in total. The van der Waals surface area contributed by atoms with E-state index in [-0.39, 0.29) is 22.7 Å². The SMILES string of the molecule is O=S(=O)(Nc1nc2ccccc2nc1OCC1CCCO1)c1ccccc1. The lowest BCUT2D eigenvalue weighted by Crippen LogP contribution is -2.19. The molecule has 4 rings (SSSR count). The maximum Gasteiger partial charge on any atom is 0.263 e. The zero-order valence-electron chi connectivity index (χ0n) is 14.5. The molecule has 0 spiro atoms. The molecular weight excluding hydrogens is 366 g/mol. The number of nitrogens with one attached hydrogen (secondary N) is 1. The highest BCUT2D eigenvalue weighted by Gasteiger charge is 2.21. The fourth-order valence-corrected chi connectivity index (χ4v) is 3.91. The molecule has 1 unspecified atom stereocenters. The van der Waals surface area contributed by atoms with E-state index in [9.17, 15) is 8.42 Å². The van der Waals surface area contributed by atoms with E-state index >= 15 is 0 Å². The molecule has 1 aromatic heterocycles. The Morgan fingerprint density at radius 3 is 2.44 bits per heavy atom. The average molecular weight is 385 g/mol. The summed E-state index contributed by atoms with van der Waals surface area (Å²) in [5.74, 6) is 0.208. The highest BCUT2D eigenvalue weighted by atomic mass is 32.2. The number of benzene rings is 2. The van der Waals surface area contributed by atoms with Crippen LogP contribution in [0.1, 0.15) is 12.8 Å². The Bertz CT molecular complexity index is 1040. The quantitative estimate of drug-likeness (QED) is 0.701. The molecule has 1 aliphatic rings. The highest BCUT2D eigenvalue weighted by Crippen LogP contribution is 2.27. The second-order valence-corrected chi connectivity index (χ2v) is 7.91. The topological polar surface area (TPSA) is 90.4 Å². The Balaban J connectivity index is 1.67. The number of rotatable bonds is 6. The molecule has 1 atom stereocenters. The minimum atomic E-state index is -3.81. The molecule has 3 aromatic rings. The monoisotopic (exact) mass is 385 g/mol. The van der Waals surface area contributed by atoms with E-state index in [4.69, 9.17) is 9.47 Å². The maximum atomic E-state index is 12.7. The molecule has 0 bridgehead atoms. The van der Waals surface area contributed by atoms with Crippen molar-refractivity contribution in [1.82, 2.24) is 9.97 Å². The van der Waals surface area contributed by atoms with Gasteiger partial charge in [0.05, 0.1) is 22.0 Å². The van der Waals surface area contributed by atoms with Crippen molar-refractivity contribution < 1.29 is 17.9 Å². The molecule has 0 aliphatic carbocycles. The summed E-state index contributed by atoms with van der Waals surface area (Å²) in [4.78, 5) is 9.00. The summed E-state index contributed by atoms with van der Waals surface area (Å²) < 4.78 is 39.2. The van der Waals surface area contributed by atoms with Crippen molar-refractivity contribution in [2.24, 2.45) is 0 Å². The first-order chi connectivity index (χ1) is 13.1. The number of ether oxygens (including phenoxy) is 2. The molecule has 1 N–H and O–H groups in total. The van der Waals surface area contributed by atoms with Gasteiger partial charge in [-0.1, -0.05) is 30.3 Å². The average Bonchev–Trinajstić information content (AvgIpc) is 3.20. The molecule has 0 amide bonds. The minimum absolute atomic E-state index is 0.0168. The molecule has 140 valence electrons. The van der Waals surface area contributed by atoms with Crippen LogP contribution < -0.4 is 9.46 Å². The van der Waals surface area contributed by atoms with Crippen LogP contribution in [0.5, 0.6) is 5.88 Å². The standard InChI is InChI=1S/C19H19N3O4S/c23-27(24,15-8-2-1-3-9-15)22-18-19(26-13-14-7-6-12-25-14)21-17-11-5-4-10-16(17)20-18/h1-5,8-11,14H,6-7,12-13H2,(H,20,22). The largest absolute Gasteiger partial charge is 0.472 e. The van der Waals surface area contributed by atoms with Crippen LogP contribution in [0.15, 0.2) is 59.5 Å². The van der Waals surface area contributed by atoms with Crippen molar-refractivity contribution in [2.45, 2.75) is 23.8 Å². The third-order valence-electron chi connectivity index (χ3n) is 4.25. The van der Waals surface area contributed by atoms with E-state index in [2.05, 4.69) is 14.7 Å². The van der Waals surface area contributed by atoms with Gasteiger partial charge in [-0.25, -0.2) is 18.4 Å². The summed E-state index contributed by atoms with van der Waals surface area (Å²) in [5, 5.41) is 0. The van der Waals surface area contributed by atoms with Crippen molar-refractivity contribution in [2.75, 3.05) is 17.9 Å². The zero-order valence-corrected chi connectivity index (χ0v) is 15.4. The van der Waals surface area contributed by atoms with E-state index in [1.807, 2.05) is 12.1 Å². The van der Waals surface area contributed by atoms with Gasteiger partial charge >= 0.3 is 0 Å². The first-order valence-corrected chi connectivity index (χ1v) is 10.2. The Morgan fingerprint density at radius 2 is 1.74 bits per heavy atom. The van der Waals surface area contributed by atoms with Gasteiger partial charge in [0.25, 0.3) is 15.9 Å². The predicted molar refractivity (Wildman–Crippen MR) is 101 cm³/mol. The lowest BCUT2D eigenvalue weighted by molar-refractivity contribution is 0.0666. The Hall–Kier alpha value is -2.71. The zero-order chi connectivity index (χ0) is 18.7. The van der Waals surface area contributed by atoms with E-state index in [0.717, 1.165) is 12.8 Å². The van der Waals surface area contributed by atoms with Crippen molar-refractivity contribution in [3.63, 3.8) is 0 Å². The van der Waals surface area contributed by atoms with Gasteiger partial charge in [-0.05, 0) is 37.1 Å². The van der Waals surface area contributed by atoms with E-state index in [1.54, 1.807) is 30.3 Å². The van der Waals surface area contributed by atoms with Crippen LogP contribution in [0, 0.1) is 0 Å². The van der Waals surface area contributed by atoms with Gasteiger partial charge in [-0.3, -0.25) is 4.72 Å². The molecule has 1 saturated heterocycles. The highest BCUT2D eigenvalue weighted by molar-refractivity contribution is 7.92. The molecule has 27 heavy (non-hydrogen) atoms. The van der Waals surface area contributed by atoms with E-state index in [1.165, 1.54) is 12.1 Å². The van der Waals surface area contributed by atoms with Gasteiger partial charge in [-0.2, -0.15) is 0 Å². The van der Waals surface area contributed by atoms with Crippen LogP contribution in [0.25, 0.3) is 11.0 Å². The van der Waals surface area contributed by atoms with E-state index in [0.29, 0.717) is 24.2 Å². The number of para-hydroxylation sites is 2. The third-order valence-corrected chi connectivity index (χ3v) is 5.61. The number of sulfonamides is 1. The van der Waals surface area contributed by atoms with E-state index < -0.39 is 10.0 Å². The van der Waals surface area contributed by atoms with Crippen molar-refractivity contribution in [3.05, 3.63) is 54.6 Å². The summed E-state index contributed by atoms with van der Waals surface area (Å²) in [6.45, 7) is 1.01. The summed E-state index contributed by atoms with van der Waals surface area (Å²) in [7, 11) is -3.81. The van der Waals surface area contributed by atoms with Crippen LogP contribution in [0.3, 0.4) is 0 Å². The van der Waals surface area contributed by atoms with Crippen molar-refractivity contribution in [1.29, 1.82) is 0 Å². The Kier molecular flexibility index (Phi) is 4.91. The van der Waals surface area contributed by atoms with Crippen LogP contribution >= 0.6 is 0 Å². The summed E-state index contributed by atoms with van der Waals surface area (Å²) in [6.07, 6.45) is 1.88. The second kappa shape index (κ2) is 7.50. The van der Waals surface area contributed by atoms with Gasteiger partial charge in [0.15, 0.2) is 0 Å². The molecule has 1 aliphatic heterocycles. The molecule has 0 radical (unpaired) electrons. The minimum Gasteiger partial charge on any atom is -0.472 e. The lowest BCUT2D eigenvalue weighted by atomic mass is 10.2. The molecule has 8 heteroatoms. The van der Waals surface area contributed by atoms with Crippen molar-refractivity contribution >= 4 is 26.9 Å². The molecule has 2 aromatic carbocycles. The Labute approximate surface area is 157 Å². The number of hydrogen-bond donors (Lipinski definition) is 1. The van der Waals surface area contributed by atoms with Crippen molar-refractivity contribution in [3.8, 4) is 5.88 Å². The lowest BCUT2D eigenvalue weighted by Gasteiger charge is -2.15. The predicted octanol–water partition coefficient (Wildman–Crippen LogP) is 2.99. The first kappa shape index (κ1) is 17.7. The smallest absolute Gasteiger partial charge is 0.263 e. The van der Waals surface area contributed by atoms with Gasteiger partial charge < -0.3 is 9.47 Å². The van der Waals surface area contributed by atoms with Gasteiger partial charge in [0.1, 0.15) is 6.61 Å². The van der Waals surface area contributed by atoms with Crippen LogP contribution in [0.4, 0.5) is 5.82 Å². The second-order valence-electron chi connectivity index (χ2n) is 6.23. The summed E-state index contributed by atoms with van der Waals surface area (Å²) in [5.41, 5.74) is 1.20. The van der Waals surface area contributed by atoms with Crippen LogP contribution in [0.2, 0.25) is 0 Å². The van der Waals surface area contributed by atoms with Gasteiger partial charge in [0, 0.05) is 6.61 Å². The maximum absolute atomic E-state index is 12.7. The normalized spacial score (nSPS) is 17.1. The summed E-state index contributed by atoms with van der Waals surface area (Å²) in [6, 6.07) is 15.3. The Morgan fingerprint density at radius 1 is 1.04 bits per heavy atom. The molecule has 1 fully saturated rings.